The summed E-state index contributed by atoms with van der Waals surface area (Å²) in [5, 5.41) is 3.40. The number of hydrogen-bond donors (Lipinski definition) is 1. The third-order valence-corrected chi connectivity index (χ3v) is 3.24. The number of furan rings is 1. The highest BCUT2D eigenvalue weighted by atomic mass is 79.9. The second-order valence-electron chi connectivity index (χ2n) is 3.86. The predicted octanol–water partition coefficient (Wildman–Crippen LogP) is 3.44. The van der Waals surface area contributed by atoms with Crippen molar-refractivity contribution in [1.82, 2.24) is 10.3 Å². The van der Waals surface area contributed by atoms with Crippen molar-refractivity contribution in [2.24, 2.45) is 0 Å². The quantitative estimate of drug-likeness (QED) is 0.939. The molecule has 0 spiro atoms. The van der Waals surface area contributed by atoms with Crippen LogP contribution in [0.5, 0.6) is 0 Å². The molecule has 90 valence electrons. The predicted molar refractivity (Wildman–Crippen MR) is 70.9 cm³/mol. The van der Waals surface area contributed by atoms with Gasteiger partial charge in [-0.2, -0.15) is 0 Å². The average Bonchev–Trinajstić information content (AvgIpc) is 2.74. The normalized spacial score (nSPS) is 12.6. The second kappa shape index (κ2) is 5.47. The van der Waals surface area contributed by atoms with Crippen LogP contribution in [-0.4, -0.2) is 11.5 Å². The zero-order valence-electron chi connectivity index (χ0n) is 9.90. The number of pyridine rings is 1. The van der Waals surface area contributed by atoms with Gasteiger partial charge in [0, 0.05) is 11.9 Å². The van der Waals surface area contributed by atoms with Gasteiger partial charge in [0.25, 0.3) is 0 Å². The van der Waals surface area contributed by atoms with E-state index >= 15 is 0 Å². The molecule has 1 unspecified atom stereocenters. The molecule has 2 aromatic rings. The van der Waals surface area contributed by atoms with Crippen LogP contribution in [0.1, 0.15) is 30.0 Å². The summed E-state index contributed by atoms with van der Waals surface area (Å²) in [4.78, 5) is 4.32. The number of halogens is 1. The topological polar surface area (TPSA) is 38.1 Å². The average molecular weight is 295 g/mol. The molecule has 0 radical (unpaired) electrons. The van der Waals surface area contributed by atoms with Crippen molar-refractivity contribution >= 4 is 15.9 Å². The van der Waals surface area contributed by atoms with Crippen molar-refractivity contribution in [1.29, 1.82) is 0 Å². The first-order valence-corrected chi connectivity index (χ1v) is 6.40. The van der Waals surface area contributed by atoms with Crippen molar-refractivity contribution in [2.75, 3.05) is 6.54 Å². The lowest BCUT2D eigenvalue weighted by Crippen LogP contribution is -2.22. The maximum atomic E-state index is 5.53. The Balaban J connectivity index is 2.35. The van der Waals surface area contributed by atoms with Crippen LogP contribution in [0.2, 0.25) is 0 Å². The van der Waals surface area contributed by atoms with Crippen molar-refractivity contribution < 1.29 is 4.42 Å². The number of nitrogens with one attached hydrogen (secondary N) is 1. The van der Waals surface area contributed by atoms with Gasteiger partial charge < -0.3 is 9.73 Å². The molecule has 4 heteroatoms. The fourth-order valence-corrected chi connectivity index (χ4v) is 2.16. The van der Waals surface area contributed by atoms with Crippen LogP contribution in [0.25, 0.3) is 0 Å². The van der Waals surface area contributed by atoms with Gasteiger partial charge in [-0.05, 0) is 47.1 Å². The Morgan fingerprint density at radius 2 is 2.24 bits per heavy atom. The molecule has 17 heavy (non-hydrogen) atoms. The molecule has 0 aliphatic rings. The van der Waals surface area contributed by atoms with Gasteiger partial charge in [-0.15, -0.1) is 0 Å². The van der Waals surface area contributed by atoms with Gasteiger partial charge in [-0.3, -0.25) is 4.98 Å². The van der Waals surface area contributed by atoms with E-state index in [0.29, 0.717) is 0 Å². The van der Waals surface area contributed by atoms with Crippen LogP contribution in [0.3, 0.4) is 0 Å². The van der Waals surface area contributed by atoms with E-state index in [0.717, 1.165) is 28.0 Å². The minimum absolute atomic E-state index is 0.0393. The number of aromatic nitrogens is 1. The molecule has 0 fully saturated rings. The summed E-state index contributed by atoms with van der Waals surface area (Å²) in [6, 6.07) is 6.03. The van der Waals surface area contributed by atoms with Gasteiger partial charge in [0.2, 0.25) is 0 Å². The first kappa shape index (κ1) is 12.3. The van der Waals surface area contributed by atoms with E-state index < -0.39 is 0 Å². The molecule has 1 N–H and O–H groups in total. The number of nitrogens with zero attached hydrogens (tertiary/aromatic N) is 1. The number of rotatable bonds is 4. The largest absolute Gasteiger partial charge is 0.466 e. The van der Waals surface area contributed by atoms with E-state index in [2.05, 4.69) is 39.2 Å². The van der Waals surface area contributed by atoms with Crippen molar-refractivity contribution in [3.8, 4) is 0 Å². The van der Waals surface area contributed by atoms with Gasteiger partial charge in [0.05, 0.1) is 16.8 Å². The highest BCUT2D eigenvalue weighted by Gasteiger charge is 2.19. The first-order chi connectivity index (χ1) is 8.22. The monoisotopic (exact) mass is 294 g/mol. The summed E-state index contributed by atoms with van der Waals surface area (Å²) in [7, 11) is 0. The molecular formula is C13H15BrN2O. The highest BCUT2D eigenvalue weighted by Crippen LogP contribution is 2.29. The standard InChI is InChI=1S/C13H15BrN2O/c1-3-15-12(13-11(14)6-7-17-13)10-5-4-9(2)16-8-10/h4-8,12,15H,3H2,1-2H3. The lowest BCUT2D eigenvalue weighted by atomic mass is 10.1. The smallest absolute Gasteiger partial charge is 0.139 e. The van der Waals surface area contributed by atoms with Gasteiger partial charge in [0.15, 0.2) is 0 Å². The Morgan fingerprint density at radius 1 is 1.41 bits per heavy atom. The molecule has 2 rings (SSSR count). The fraction of sp³-hybridized carbons (Fsp3) is 0.308. The molecule has 0 aliphatic carbocycles. The van der Waals surface area contributed by atoms with Crippen molar-refractivity contribution in [3.63, 3.8) is 0 Å². The SMILES string of the molecule is CCNC(c1ccc(C)nc1)c1occc1Br. The summed E-state index contributed by atoms with van der Waals surface area (Å²) < 4.78 is 6.50. The summed E-state index contributed by atoms with van der Waals surface area (Å²) in [6.07, 6.45) is 3.57. The van der Waals surface area contributed by atoms with E-state index in [-0.39, 0.29) is 6.04 Å². The van der Waals surface area contributed by atoms with Crippen LogP contribution in [0.15, 0.2) is 39.5 Å². The van der Waals surface area contributed by atoms with Crippen LogP contribution >= 0.6 is 15.9 Å². The molecule has 0 bridgehead atoms. The minimum Gasteiger partial charge on any atom is -0.466 e. The van der Waals surface area contributed by atoms with E-state index in [4.69, 9.17) is 4.42 Å². The Morgan fingerprint density at radius 3 is 2.76 bits per heavy atom. The van der Waals surface area contributed by atoms with E-state index in [1.54, 1.807) is 6.26 Å². The number of aryl methyl sites for hydroxylation is 1. The van der Waals surface area contributed by atoms with Gasteiger partial charge >= 0.3 is 0 Å². The second-order valence-corrected chi connectivity index (χ2v) is 4.71. The maximum absolute atomic E-state index is 5.53. The van der Waals surface area contributed by atoms with E-state index in [1.165, 1.54) is 0 Å². The Bertz CT molecular complexity index is 478. The molecule has 2 aromatic heterocycles. The maximum Gasteiger partial charge on any atom is 0.139 e. The summed E-state index contributed by atoms with van der Waals surface area (Å²) in [5.74, 6) is 0.887. The molecule has 3 nitrogen and oxygen atoms in total. The summed E-state index contributed by atoms with van der Waals surface area (Å²) in [6.45, 7) is 4.92. The van der Waals surface area contributed by atoms with Crippen LogP contribution in [-0.2, 0) is 0 Å². The van der Waals surface area contributed by atoms with Gasteiger partial charge in [-0.1, -0.05) is 13.0 Å². The van der Waals surface area contributed by atoms with Crippen LogP contribution in [0, 0.1) is 6.92 Å². The minimum atomic E-state index is 0.0393. The third kappa shape index (κ3) is 2.76. The molecule has 1 atom stereocenters. The first-order valence-electron chi connectivity index (χ1n) is 5.61. The molecular weight excluding hydrogens is 280 g/mol. The summed E-state index contributed by atoms with van der Waals surface area (Å²) in [5.41, 5.74) is 2.12. The Hall–Kier alpha value is -1.13. The lowest BCUT2D eigenvalue weighted by Gasteiger charge is -2.16. The third-order valence-electron chi connectivity index (χ3n) is 2.58. The zero-order chi connectivity index (χ0) is 12.3. The van der Waals surface area contributed by atoms with Gasteiger partial charge in [0.1, 0.15) is 5.76 Å². The van der Waals surface area contributed by atoms with Gasteiger partial charge in [-0.25, -0.2) is 0 Å². The van der Waals surface area contributed by atoms with E-state index in [1.807, 2.05) is 25.3 Å². The van der Waals surface area contributed by atoms with Crippen molar-refractivity contribution in [2.45, 2.75) is 19.9 Å². The molecule has 0 amide bonds. The fourth-order valence-electron chi connectivity index (χ4n) is 1.73. The number of hydrogen-bond acceptors (Lipinski definition) is 3. The molecule has 2 heterocycles. The Kier molecular flexibility index (Phi) is 3.97. The van der Waals surface area contributed by atoms with Crippen molar-refractivity contribution in [3.05, 3.63) is 52.1 Å². The molecule has 0 saturated heterocycles. The van der Waals surface area contributed by atoms with E-state index in [9.17, 15) is 0 Å². The summed E-state index contributed by atoms with van der Waals surface area (Å²) >= 11 is 3.49. The molecule has 0 aliphatic heterocycles. The highest BCUT2D eigenvalue weighted by molar-refractivity contribution is 9.10. The Labute approximate surface area is 109 Å². The molecule has 0 saturated carbocycles. The lowest BCUT2D eigenvalue weighted by molar-refractivity contribution is 0.449. The zero-order valence-corrected chi connectivity index (χ0v) is 11.5. The van der Waals surface area contributed by atoms with Crippen LogP contribution < -0.4 is 5.32 Å². The van der Waals surface area contributed by atoms with Crippen LogP contribution in [0.4, 0.5) is 0 Å². The molecule has 0 aromatic carbocycles.